The molecule has 0 aromatic carbocycles. The number of aryl methyl sites for hydroxylation is 2. The average molecular weight is 493 g/mol. The smallest absolute Gasteiger partial charge is 0.224 e. The van der Waals surface area contributed by atoms with Crippen LogP contribution < -0.4 is 10.6 Å². The van der Waals surface area contributed by atoms with Crippen LogP contribution in [0.25, 0.3) is 0 Å². The van der Waals surface area contributed by atoms with Crippen molar-refractivity contribution < 1.29 is 5.11 Å². The molecule has 0 aliphatic heterocycles. The van der Waals surface area contributed by atoms with Crippen molar-refractivity contribution in [2.45, 2.75) is 56.2 Å². The van der Waals surface area contributed by atoms with Crippen LogP contribution in [0.5, 0.6) is 0 Å². The van der Waals surface area contributed by atoms with Crippen molar-refractivity contribution in [3.63, 3.8) is 0 Å². The first-order valence-electron chi connectivity index (χ1n) is 11.9. The van der Waals surface area contributed by atoms with Crippen molar-refractivity contribution in [2.75, 3.05) is 23.8 Å². The molecule has 35 heavy (non-hydrogen) atoms. The number of nitrogens with one attached hydrogen (secondary N) is 2. The van der Waals surface area contributed by atoms with Crippen molar-refractivity contribution in [1.29, 1.82) is 0 Å². The zero-order valence-corrected chi connectivity index (χ0v) is 21.1. The Balaban J connectivity index is 1.53. The molecule has 2 atom stereocenters. The zero-order chi connectivity index (χ0) is 24.6. The Morgan fingerprint density at radius 1 is 1.14 bits per heavy atom. The van der Waals surface area contributed by atoms with E-state index in [0.717, 1.165) is 64.7 Å². The molecule has 3 aromatic heterocycles. The summed E-state index contributed by atoms with van der Waals surface area (Å²) in [6.45, 7) is 8.56. The third-order valence-corrected chi connectivity index (χ3v) is 7.31. The predicted octanol–water partition coefficient (Wildman–Crippen LogP) is 4.13. The quantitative estimate of drug-likeness (QED) is 0.268. The third kappa shape index (κ3) is 6.52. The van der Waals surface area contributed by atoms with Crippen LogP contribution in [0.4, 0.5) is 17.5 Å². The minimum absolute atomic E-state index is 0.234. The van der Waals surface area contributed by atoms with E-state index in [0.29, 0.717) is 24.2 Å². The van der Waals surface area contributed by atoms with Crippen LogP contribution >= 0.6 is 11.8 Å². The van der Waals surface area contributed by atoms with E-state index in [9.17, 15) is 5.11 Å². The molecular formula is C25H32N8OS. The topological polar surface area (TPSA) is 121 Å². The molecule has 2 unspecified atom stereocenters. The van der Waals surface area contributed by atoms with E-state index in [2.05, 4.69) is 37.3 Å². The molecule has 10 heteroatoms. The molecule has 9 nitrogen and oxygen atoms in total. The summed E-state index contributed by atoms with van der Waals surface area (Å²) in [6.07, 6.45) is 10.7. The number of aliphatic imine (C=N–C) groups is 1. The Bertz CT molecular complexity index is 1140. The molecule has 0 spiro atoms. The number of rotatable bonds is 11. The number of anilines is 2. The molecule has 0 bridgehead atoms. The lowest BCUT2D eigenvalue weighted by atomic mass is 10.1. The lowest BCUT2D eigenvalue weighted by molar-refractivity contribution is 0.229. The van der Waals surface area contributed by atoms with Gasteiger partial charge >= 0.3 is 0 Å². The number of thioether (sulfide) groups is 1. The Morgan fingerprint density at radius 3 is 2.77 bits per heavy atom. The second-order valence-corrected chi connectivity index (χ2v) is 9.74. The maximum Gasteiger partial charge on any atom is 0.224 e. The molecule has 3 N–H and O–H groups in total. The van der Waals surface area contributed by atoms with E-state index in [1.54, 1.807) is 36.5 Å². The number of aliphatic hydroxyl groups is 1. The van der Waals surface area contributed by atoms with Gasteiger partial charge in [-0.25, -0.2) is 4.98 Å². The fourth-order valence-electron chi connectivity index (χ4n) is 4.29. The Kier molecular flexibility index (Phi) is 8.59. The molecule has 0 radical (unpaired) electrons. The highest BCUT2D eigenvalue weighted by Crippen LogP contribution is 2.36. The Hall–Kier alpha value is -3.11. The van der Waals surface area contributed by atoms with Crippen LogP contribution in [0, 0.1) is 19.8 Å². The third-order valence-electron chi connectivity index (χ3n) is 6.24. The summed E-state index contributed by atoms with van der Waals surface area (Å²) >= 11 is 1.68. The highest BCUT2D eigenvalue weighted by atomic mass is 32.2. The van der Waals surface area contributed by atoms with Crippen molar-refractivity contribution in [2.24, 2.45) is 10.9 Å². The molecule has 1 fully saturated rings. The normalized spacial score (nSPS) is 17.3. The number of aromatic nitrogens is 5. The highest BCUT2D eigenvalue weighted by molar-refractivity contribution is 7.98. The molecule has 184 valence electrons. The predicted molar refractivity (Wildman–Crippen MR) is 141 cm³/mol. The van der Waals surface area contributed by atoms with Gasteiger partial charge in [0.25, 0.3) is 0 Å². The van der Waals surface area contributed by atoms with Crippen molar-refractivity contribution in [3.8, 4) is 0 Å². The summed E-state index contributed by atoms with van der Waals surface area (Å²) in [6, 6.07) is 2.25. The van der Waals surface area contributed by atoms with Gasteiger partial charge < -0.3 is 15.7 Å². The van der Waals surface area contributed by atoms with E-state index < -0.39 is 0 Å². The van der Waals surface area contributed by atoms with Gasteiger partial charge in [0.2, 0.25) is 5.95 Å². The van der Waals surface area contributed by atoms with Crippen molar-refractivity contribution >= 4 is 35.9 Å². The summed E-state index contributed by atoms with van der Waals surface area (Å²) in [5, 5.41) is 16.6. The summed E-state index contributed by atoms with van der Waals surface area (Å²) in [5.41, 5.74) is 4.58. The highest BCUT2D eigenvalue weighted by Gasteiger charge is 2.25. The van der Waals surface area contributed by atoms with Crippen molar-refractivity contribution in [1.82, 2.24) is 24.9 Å². The fraction of sp³-hybridized carbons (Fsp3) is 0.440. The molecule has 4 rings (SSSR count). The van der Waals surface area contributed by atoms with Gasteiger partial charge in [0, 0.05) is 72.3 Å². The van der Waals surface area contributed by atoms with Gasteiger partial charge in [-0.3, -0.25) is 19.9 Å². The van der Waals surface area contributed by atoms with Gasteiger partial charge in [0.05, 0.1) is 17.1 Å². The standard InChI is InChI=1S/C25H32N8OS/c1-16-21(15-35-22-7-9-28-17(2)23(22)26-3)24(32-19-5-4-18(12-19)14-34)33-25(31-16)30-8-6-20-13-27-10-11-29-20/h7,9-11,13,18-19,34H,3-6,8,12,14-15H2,1-2H3,(H2,30,31,32,33). The van der Waals surface area contributed by atoms with Crippen LogP contribution in [-0.4, -0.2) is 55.9 Å². The van der Waals surface area contributed by atoms with E-state index in [1.165, 1.54) is 0 Å². The number of hydrogen-bond donors (Lipinski definition) is 3. The van der Waals surface area contributed by atoms with E-state index in [4.69, 9.17) is 9.97 Å². The molecule has 3 heterocycles. The van der Waals surface area contributed by atoms with Crippen LogP contribution in [0.15, 0.2) is 40.7 Å². The lowest BCUT2D eigenvalue weighted by Crippen LogP contribution is -2.20. The van der Waals surface area contributed by atoms with Crippen LogP contribution in [0.3, 0.4) is 0 Å². The van der Waals surface area contributed by atoms with Crippen LogP contribution in [0.1, 0.15) is 41.9 Å². The fourth-order valence-corrected chi connectivity index (χ4v) is 5.44. The summed E-state index contributed by atoms with van der Waals surface area (Å²) in [5.74, 6) is 2.47. The zero-order valence-electron chi connectivity index (χ0n) is 20.2. The van der Waals surface area contributed by atoms with Gasteiger partial charge in [0.1, 0.15) is 5.82 Å². The Labute approximate surface area is 210 Å². The maximum atomic E-state index is 9.57. The average Bonchev–Trinajstić information content (AvgIpc) is 3.32. The molecule has 0 saturated heterocycles. The van der Waals surface area contributed by atoms with Gasteiger partial charge in [-0.15, -0.1) is 11.8 Å². The first-order chi connectivity index (χ1) is 17.1. The first-order valence-corrected chi connectivity index (χ1v) is 12.8. The largest absolute Gasteiger partial charge is 0.396 e. The number of pyridine rings is 1. The first kappa shape index (κ1) is 25.0. The maximum absolute atomic E-state index is 9.57. The SMILES string of the molecule is C=Nc1c(SCc2c(C)nc(NCCc3cnccn3)nc2NC2CCC(CO)C2)ccnc1C. The second kappa shape index (κ2) is 12.0. The number of nitrogens with zero attached hydrogens (tertiary/aromatic N) is 6. The van der Waals surface area contributed by atoms with Crippen LogP contribution in [-0.2, 0) is 12.2 Å². The Morgan fingerprint density at radius 2 is 2.03 bits per heavy atom. The number of hydrogen-bond acceptors (Lipinski definition) is 10. The summed E-state index contributed by atoms with van der Waals surface area (Å²) < 4.78 is 0. The molecule has 1 aliphatic rings. The second-order valence-electron chi connectivity index (χ2n) is 8.73. The van der Waals surface area contributed by atoms with Crippen LogP contribution in [0.2, 0.25) is 0 Å². The molecule has 0 amide bonds. The minimum atomic E-state index is 0.234. The molecule has 1 saturated carbocycles. The molecule has 3 aromatic rings. The van der Waals surface area contributed by atoms with E-state index in [1.807, 2.05) is 19.9 Å². The monoisotopic (exact) mass is 492 g/mol. The molecule has 1 aliphatic carbocycles. The number of aliphatic hydroxyl groups excluding tert-OH is 1. The van der Waals surface area contributed by atoms with Crippen molar-refractivity contribution in [3.05, 3.63) is 53.5 Å². The minimum Gasteiger partial charge on any atom is -0.396 e. The van der Waals surface area contributed by atoms with Gasteiger partial charge in [-0.05, 0) is 51.8 Å². The van der Waals surface area contributed by atoms with E-state index in [-0.39, 0.29) is 12.6 Å². The summed E-state index contributed by atoms with van der Waals surface area (Å²) in [4.78, 5) is 27.6. The van der Waals surface area contributed by atoms with Gasteiger partial charge in [-0.1, -0.05) is 0 Å². The van der Waals surface area contributed by atoms with Gasteiger partial charge in [0.15, 0.2) is 0 Å². The van der Waals surface area contributed by atoms with Gasteiger partial charge in [-0.2, -0.15) is 4.98 Å². The summed E-state index contributed by atoms with van der Waals surface area (Å²) in [7, 11) is 0. The lowest BCUT2D eigenvalue weighted by Gasteiger charge is -2.19. The molecular weight excluding hydrogens is 460 g/mol. The van der Waals surface area contributed by atoms with E-state index >= 15 is 0 Å².